The average Bonchev–Trinajstić information content (AvgIpc) is 3.20. The molecule has 0 aromatic carbocycles. The molecule has 0 spiro atoms. The van der Waals surface area contributed by atoms with Gasteiger partial charge in [0.2, 0.25) is 10.0 Å². The molecule has 1 N–H and O–H groups in total. The first kappa shape index (κ1) is 14.6. The summed E-state index contributed by atoms with van der Waals surface area (Å²) >= 11 is 0. The number of nitrogens with one attached hydrogen (secondary N) is 1. The molecule has 0 amide bonds. The van der Waals surface area contributed by atoms with E-state index in [0.29, 0.717) is 18.7 Å². The first-order valence-corrected chi connectivity index (χ1v) is 9.36. The van der Waals surface area contributed by atoms with Gasteiger partial charge in [-0.2, -0.15) is 0 Å². The van der Waals surface area contributed by atoms with Gasteiger partial charge < -0.3 is 4.98 Å². The number of H-pyrrole nitrogens is 1. The number of piperidine rings is 1. The van der Waals surface area contributed by atoms with E-state index in [1.54, 1.807) is 17.4 Å². The van der Waals surface area contributed by atoms with Crippen LogP contribution < -0.4 is 0 Å². The second-order valence-electron chi connectivity index (χ2n) is 5.82. The summed E-state index contributed by atoms with van der Waals surface area (Å²) in [7, 11) is -3.17. The molecule has 3 aromatic rings. The summed E-state index contributed by atoms with van der Waals surface area (Å²) in [5.74, 6) is 0.982. The number of fused-ring (bicyclic) bond motifs is 3. The van der Waals surface area contributed by atoms with Crippen molar-refractivity contribution in [3.05, 3.63) is 24.3 Å². The van der Waals surface area contributed by atoms with Gasteiger partial charge in [-0.05, 0) is 25.8 Å². The van der Waals surface area contributed by atoms with E-state index in [1.165, 1.54) is 0 Å². The van der Waals surface area contributed by atoms with Crippen molar-refractivity contribution in [2.45, 2.75) is 25.7 Å². The molecule has 4 heterocycles. The zero-order valence-corrected chi connectivity index (χ0v) is 13.6. The maximum Gasteiger partial charge on any atom is 0.213 e. The van der Waals surface area contributed by atoms with Gasteiger partial charge in [-0.15, -0.1) is 10.2 Å². The lowest BCUT2D eigenvalue weighted by atomic mass is 9.99. The van der Waals surface area contributed by atoms with E-state index in [-0.39, 0.29) is 11.7 Å². The smallest absolute Gasteiger partial charge is 0.213 e. The fourth-order valence-electron chi connectivity index (χ4n) is 3.25. The van der Waals surface area contributed by atoms with Gasteiger partial charge in [0.05, 0.1) is 17.5 Å². The molecule has 1 atom stereocenters. The van der Waals surface area contributed by atoms with Crippen LogP contribution in [0.15, 0.2) is 18.5 Å². The van der Waals surface area contributed by atoms with Gasteiger partial charge in [-0.3, -0.25) is 4.40 Å². The molecule has 1 aliphatic rings. The van der Waals surface area contributed by atoms with Crippen molar-refractivity contribution in [1.82, 2.24) is 28.9 Å². The van der Waals surface area contributed by atoms with E-state index in [4.69, 9.17) is 0 Å². The maximum atomic E-state index is 12.2. The average molecular weight is 334 g/mol. The topological polar surface area (TPSA) is 96.2 Å². The molecule has 1 aliphatic heterocycles. The van der Waals surface area contributed by atoms with Gasteiger partial charge in [0.1, 0.15) is 5.82 Å². The Morgan fingerprint density at radius 2 is 2.26 bits per heavy atom. The van der Waals surface area contributed by atoms with E-state index in [0.717, 1.165) is 29.8 Å². The first-order chi connectivity index (χ1) is 11.1. The van der Waals surface area contributed by atoms with Crippen LogP contribution in [0.1, 0.15) is 31.5 Å². The Kier molecular flexibility index (Phi) is 3.34. The quantitative estimate of drug-likeness (QED) is 0.774. The van der Waals surface area contributed by atoms with Crippen molar-refractivity contribution in [2.24, 2.45) is 0 Å². The van der Waals surface area contributed by atoms with Crippen molar-refractivity contribution in [2.75, 3.05) is 18.8 Å². The molecule has 0 bridgehead atoms. The third-order valence-corrected chi connectivity index (χ3v) is 6.32. The minimum atomic E-state index is -3.17. The molecule has 9 heteroatoms. The Morgan fingerprint density at radius 1 is 1.39 bits per heavy atom. The highest BCUT2D eigenvalue weighted by Crippen LogP contribution is 2.29. The third kappa shape index (κ3) is 2.31. The number of aromatic amines is 1. The molecule has 0 saturated carbocycles. The zero-order chi connectivity index (χ0) is 16.0. The van der Waals surface area contributed by atoms with Gasteiger partial charge in [0.25, 0.3) is 0 Å². The molecule has 0 unspecified atom stereocenters. The van der Waals surface area contributed by atoms with E-state index in [9.17, 15) is 8.42 Å². The summed E-state index contributed by atoms with van der Waals surface area (Å²) in [5.41, 5.74) is 2.37. The van der Waals surface area contributed by atoms with Crippen LogP contribution in [0.3, 0.4) is 0 Å². The minimum absolute atomic E-state index is 0.0422. The van der Waals surface area contributed by atoms with Crippen molar-refractivity contribution in [3.63, 3.8) is 0 Å². The van der Waals surface area contributed by atoms with Crippen LogP contribution >= 0.6 is 0 Å². The van der Waals surface area contributed by atoms with Crippen molar-refractivity contribution in [3.8, 4) is 0 Å². The van der Waals surface area contributed by atoms with Crippen LogP contribution in [0.5, 0.6) is 0 Å². The fraction of sp³-hybridized carbons (Fsp3) is 0.500. The van der Waals surface area contributed by atoms with Gasteiger partial charge in [-0.1, -0.05) is 0 Å². The molecule has 23 heavy (non-hydrogen) atoms. The number of hydrogen-bond acceptors (Lipinski definition) is 5. The molecular weight excluding hydrogens is 316 g/mol. The lowest BCUT2D eigenvalue weighted by Crippen LogP contribution is -2.40. The number of hydrogen-bond donors (Lipinski definition) is 1. The molecule has 4 rings (SSSR count). The standard InChI is InChI=1S/C14H18N6O2S/c1-2-23(21,22)19-7-3-4-10(9-19)14-18-17-12-8-16-13-11(20(12)14)5-6-15-13/h5-6,8,10,15H,2-4,7,9H2,1H3/t10-/m0/s1. The predicted molar refractivity (Wildman–Crippen MR) is 85.6 cm³/mol. The predicted octanol–water partition coefficient (Wildman–Crippen LogP) is 1.13. The molecule has 1 saturated heterocycles. The lowest BCUT2D eigenvalue weighted by molar-refractivity contribution is 0.309. The van der Waals surface area contributed by atoms with Crippen LogP contribution in [-0.2, 0) is 10.0 Å². The highest BCUT2D eigenvalue weighted by molar-refractivity contribution is 7.89. The Hall–Kier alpha value is -2.00. The number of nitrogens with zero attached hydrogens (tertiary/aromatic N) is 5. The number of aromatic nitrogens is 5. The lowest BCUT2D eigenvalue weighted by Gasteiger charge is -2.30. The van der Waals surface area contributed by atoms with E-state index in [2.05, 4.69) is 20.2 Å². The molecule has 8 nitrogen and oxygen atoms in total. The Bertz CT molecular complexity index is 960. The van der Waals surface area contributed by atoms with Gasteiger partial charge in [0, 0.05) is 25.2 Å². The van der Waals surface area contributed by atoms with Gasteiger partial charge >= 0.3 is 0 Å². The minimum Gasteiger partial charge on any atom is -0.345 e. The van der Waals surface area contributed by atoms with Crippen LogP contribution in [0.25, 0.3) is 16.8 Å². The second kappa shape index (κ2) is 5.27. The van der Waals surface area contributed by atoms with E-state index >= 15 is 0 Å². The largest absolute Gasteiger partial charge is 0.345 e. The summed E-state index contributed by atoms with van der Waals surface area (Å²) in [6.45, 7) is 2.73. The fourth-order valence-corrected chi connectivity index (χ4v) is 4.43. The summed E-state index contributed by atoms with van der Waals surface area (Å²) < 4.78 is 27.9. The van der Waals surface area contributed by atoms with Crippen molar-refractivity contribution in [1.29, 1.82) is 0 Å². The van der Waals surface area contributed by atoms with E-state index < -0.39 is 10.0 Å². The molecule has 0 aliphatic carbocycles. The van der Waals surface area contributed by atoms with Crippen LogP contribution in [0.4, 0.5) is 0 Å². The SMILES string of the molecule is CCS(=O)(=O)N1CCC[C@H](c2nnc3cnc4[nH]ccc4n23)C1. The highest BCUT2D eigenvalue weighted by Gasteiger charge is 2.31. The van der Waals surface area contributed by atoms with Gasteiger partial charge in [-0.25, -0.2) is 17.7 Å². The first-order valence-electron chi connectivity index (χ1n) is 7.75. The van der Waals surface area contributed by atoms with Crippen molar-refractivity contribution < 1.29 is 8.42 Å². The Morgan fingerprint density at radius 3 is 3.09 bits per heavy atom. The molecule has 122 valence electrons. The number of rotatable bonds is 3. The summed E-state index contributed by atoms with van der Waals surface area (Å²) in [4.78, 5) is 7.39. The monoisotopic (exact) mass is 334 g/mol. The molecular formula is C14H18N6O2S. The van der Waals surface area contributed by atoms with Crippen molar-refractivity contribution >= 4 is 26.8 Å². The summed E-state index contributed by atoms with van der Waals surface area (Å²) in [5, 5.41) is 8.53. The second-order valence-corrected chi connectivity index (χ2v) is 8.08. The number of sulfonamides is 1. The third-order valence-electron chi connectivity index (χ3n) is 4.47. The summed E-state index contributed by atoms with van der Waals surface area (Å²) in [6, 6.07) is 1.94. The maximum absolute atomic E-state index is 12.2. The molecule has 3 aromatic heterocycles. The van der Waals surface area contributed by atoms with Gasteiger partial charge in [0.15, 0.2) is 11.3 Å². The Balaban J connectivity index is 1.78. The van der Waals surface area contributed by atoms with Crippen LogP contribution in [0.2, 0.25) is 0 Å². The zero-order valence-electron chi connectivity index (χ0n) is 12.8. The highest BCUT2D eigenvalue weighted by atomic mass is 32.2. The van der Waals surface area contributed by atoms with Crippen LogP contribution in [-0.4, -0.2) is 56.1 Å². The van der Waals surface area contributed by atoms with Crippen LogP contribution in [0, 0.1) is 0 Å². The normalized spacial score (nSPS) is 20.5. The molecule has 0 radical (unpaired) electrons. The summed E-state index contributed by atoms with van der Waals surface area (Å²) in [6.07, 6.45) is 5.25. The molecule has 1 fully saturated rings. The van der Waals surface area contributed by atoms with E-state index in [1.807, 2.05) is 16.7 Å². The Labute approximate surface area is 133 Å².